The maximum atomic E-state index is 6.14. The molecule has 1 fully saturated rings. The molecule has 1 aromatic rings. The molecule has 1 heterocycles. The second kappa shape index (κ2) is 6.13. The van der Waals surface area contributed by atoms with Crippen LogP contribution >= 0.6 is 11.3 Å². The molecule has 0 bridgehead atoms. The molecule has 1 atom stereocenters. The first-order chi connectivity index (χ1) is 8.68. The van der Waals surface area contributed by atoms with E-state index in [-0.39, 0.29) is 11.6 Å². The van der Waals surface area contributed by atoms with Gasteiger partial charge in [0.15, 0.2) is 0 Å². The maximum absolute atomic E-state index is 6.14. The van der Waals surface area contributed by atoms with Crippen molar-refractivity contribution >= 4 is 11.3 Å². The SMILES string of the molecule is CCOC1(c2ncc(C(C)N)s2)CCCCCC1. The van der Waals surface area contributed by atoms with Crippen LogP contribution in [-0.4, -0.2) is 11.6 Å². The lowest BCUT2D eigenvalue weighted by molar-refractivity contribution is -0.0559. The predicted octanol–water partition coefficient (Wildman–Crippen LogP) is 3.75. The summed E-state index contributed by atoms with van der Waals surface area (Å²) in [6, 6.07) is 0.0701. The lowest BCUT2D eigenvalue weighted by Gasteiger charge is -2.30. The predicted molar refractivity (Wildman–Crippen MR) is 75.7 cm³/mol. The molecular formula is C14H24N2OS. The Kier molecular flexibility index (Phi) is 4.76. The van der Waals surface area contributed by atoms with Gasteiger partial charge in [0.1, 0.15) is 10.6 Å². The lowest BCUT2D eigenvalue weighted by Crippen LogP contribution is -2.29. The van der Waals surface area contributed by atoms with Crippen LogP contribution in [0.25, 0.3) is 0 Å². The molecule has 3 nitrogen and oxygen atoms in total. The van der Waals surface area contributed by atoms with E-state index in [1.165, 1.54) is 25.7 Å². The summed E-state index contributed by atoms with van der Waals surface area (Å²) in [7, 11) is 0. The average Bonchev–Trinajstić information content (AvgIpc) is 2.73. The molecule has 1 aromatic heterocycles. The van der Waals surface area contributed by atoms with Crippen LogP contribution in [0.3, 0.4) is 0 Å². The molecule has 0 aromatic carbocycles. The molecule has 0 radical (unpaired) electrons. The molecule has 102 valence electrons. The quantitative estimate of drug-likeness (QED) is 0.846. The van der Waals surface area contributed by atoms with E-state index in [2.05, 4.69) is 11.9 Å². The van der Waals surface area contributed by atoms with Crippen LogP contribution in [0.4, 0.5) is 0 Å². The van der Waals surface area contributed by atoms with E-state index >= 15 is 0 Å². The van der Waals surface area contributed by atoms with Crippen molar-refractivity contribution in [2.45, 2.75) is 64.0 Å². The van der Waals surface area contributed by atoms with Crippen molar-refractivity contribution in [2.75, 3.05) is 6.61 Å². The molecule has 0 spiro atoms. The van der Waals surface area contributed by atoms with Crippen LogP contribution in [0, 0.1) is 0 Å². The van der Waals surface area contributed by atoms with Gasteiger partial charge in [0.2, 0.25) is 0 Å². The number of hydrogen-bond donors (Lipinski definition) is 1. The fourth-order valence-electron chi connectivity index (χ4n) is 2.70. The highest BCUT2D eigenvalue weighted by Gasteiger charge is 2.36. The summed E-state index contributed by atoms with van der Waals surface area (Å²) >= 11 is 1.73. The first-order valence-corrected chi connectivity index (χ1v) is 7.85. The Morgan fingerprint density at radius 3 is 2.56 bits per heavy atom. The van der Waals surface area contributed by atoms with Gasteiger partial charge >= 0.3 is 0 Å². The zero-order chi connectivity index (χ0) is 13.0. The van der Waals surface area contributed by atoms with Gasteiger partial charge < -0.3 is 10.5 Å². The minimum Gasteiger partial charge on any atom is -0.368 e. The Balaban J connectivity index is 2.26. The maximum Gasteiger partial charge on any atom is 0.125 e. The summed E-state index contributed by atoms with van der Waals surface area (Å²) < 4.78 is 6.14. The van der Waals surface area contributed by atoms with E-state index in [0.717, 1.165) is 29.3 Å². The largest absolute Gasteiger partial charge is 0.368 e. The number of ether oxygens (including phenoxy) is 1. The Morgan fingerprint density at radius 2 is 2.06 bits per heavy atom. The third-order valence-corrected chi connectivity index (χ3v) is 5.08. The second-order valence-electron chi connectivity index (χ2n) is 5.20. The molecule has 0 aliphatic heterocycles. The molecule has 0 saturated heterocycles. The highest BCUT2D eigenvalue weighted by Crippen LogP contribution is 2.41. The van der Waals surface area contributed by atoms with Crippen molar-refractivity contribution in [3.8, 4) is 0 Å². The molecule has 4 heteroatoms. The fraction of sp³-hybridized carbons (Fsp3) is 0.786. The van der Waals surface area contributed by atoms with Crippen molar-refractivity contribution in [1.29, 1.82) is 0 Å². The van der Waals surface area contributed by atoms with Crippen LogP contribution < -0.4 is 5.73 Å². The minimum atomic E-state index is -0.136. The Bertz CT molecular complexity index is 368. The topological polar surface area (TPSA) is 48.1 Å². The van der Waals surface area contributed by atoms with Crippen molar-refractivity contribution in [1.82, 2.24) is 4.98 Å². The summed E-state index contributed by atoms with van der Waals surface area (Å²) in [5, 5.41) is 1.14. The van der Waals surface area contributed by atoms with E-state index in [1.807, 2.05) is 13.1 Å². The highest BCUT2D eigenvalue weighted by atomic mass is 32.1. The molecule has 0 amide bonds. The first-order valence-electron chi connectivity index (χ1n) is 7.04. The smallest absolute Gasteiger partial charge is 0.125 e. The van der Waals surface area contributed by atoms with Crippen molar-refractivity contribution < 1.29 is 4.74 Å². The Morgan fingerprint density at radius 1 is 1.39 bits per heavy atom. The van der Waals surface area contributed by atoms with Gasteiger partial charge in [-0.25, -0.2) is 4.98 Å². The average molecular weight is 268 g/mol. The van der Waals surface area contributed by atoms with E-state index < -0.39 is 0 Å². The Hall–Kier alpha value is -0.450. The standard InChI is InChI=1S/C14H24N2OS/c1-3-17-14(8-6-4-5-7-9-14)13-16-10-12(18-13)11(2)15/h10-11H,3-9,15H2,1-2H3. The van der Waals surface area contributed by atoms with Gasteiger partial charge in [-0.2, -0.15) is 0 Å². The van der Waals surface area contributed by atoms with Crippen LogP contribution in [0.5, 0.6) is 0 Å². The van der Waals surface area contributed by atoms with Crippen molar-refractivity contribution in [3.63, 3.8) is 0 Å². The zero-order valence-corrected chi connectivity index (χ0v) is 12.3. The van der Waals surface area contributed by atoms with Gasteiger partial charge in [-0.05, 0) is 26.7 Å². The normalized spacial score (nSPS) is 21.5. The molecule has 1 aliphatic rings. The molecular weight excluding hydrogens is 244 g/mol. The number of nitrogens with two attached hydrogens (primary N) is 1. The molecule has 2 N–H and O–H groups in total. The second-order valence-corrected chi connectivity index (χ2v) is 6.26. The summed E-state index contributed by atoms with van der Waals surface area (Å²) in [6.45, 7) is 4.84. The van der Waals surface area contributed by atoms with Crippen molar-refractivity contribution in [2.24, 2.45) is 5.73 Å². The van der Waals surface area contributed by atoms with E-state index in [1.54, 1.807) is 11.3 Å². The highest BCUT2D eigenvalue weighted by molar-refractivity contribution is 7.11. The van der Waals surface area contributed by atoms with E-state index in [4.69, 9.17) is 10.5 Å². The summed E-state index contributed by atoms with van der Waals surface area (Å²) in [4.78, 5) is 5.77. The molecule has 2 rings (SSSR count). The van der Waals surface area contributed by atoms with Gasteiger partial charge in [0.05, 0.1) is 0 Å². The fourth-order valence-corrected chi connectivity index (χ4v) is 3.77. The van der Waals surface area contributed by atoms with Gasteiger partial charge in [0, 0.05) is 23.7 Å². The number of rotatable bonds is 4. The van der Waals surface area contributed by atoms with E-state index in [0.29, 0.717) is 0 Å². The van der Waals surface area contributed by atoms with Gasteiger partial charge in [-0.1, -0.05) is 25.7 Å². The van der Waals surface area contributed by atoms with Crippen LogP contribution in [0.15, 0.2) is 6.20 Å². The van der Waals surface area contributed by atoms with Crippen LogP contribution in [0.2, 0.25) is 0 Å². The van der Waals surface area contributed by atoms with E-state index in [9.17, 15) is 0 Å². The van der Waals surface area contributed by atoms with Gasteiger partial charge in [0.25, 0.3) is 0 Å². The van der Waals surface area contributed by atoms with Crippen molar-refractivity contribution in [3.05, 3.63) is 16.1 Å². The first kappa shape index (κ1) is 14.0. The molecule has 1 aliphatic carbocycles. The summed E-state index contributed by atoms with van der Waals surface area (Å²) in [6.07, 6.45) is 9.26. The molecule has 1 unspecified atom stereocenters. The number of thiazole rings is 1. The van der Waals surface area contributed by atoms with Crippen LogP contribution in [-0.2, 0) is 10.3 Å². The number of hydrogen-bond acceptors (Lipinski definition) is 4. The number of aromatic nitrogens is 1. The van der Waals surface area contributed by atoms with Gasteiger partial charge in [-0.3, -0.25) is 0 Å². The third kappa shape index (κ3) is 2.92. The summed E-state index contributed by atoms with van der Waals surface area (Å²) in [5.41, 5.74) is 5.80. The Labute approximate surface area is 114 Å². The minimum absolute atomic E-state index is 0.0701. The third-order valence-electron chi connectivity index (χ3n) is 3.69. The van der Waals surface area contributed by atoms with Crippen LogP contribution in [0.1, 0.15) is 68.3 Å². The van der Waals surface area contributed by atoms with Gasteiger partial charge in [-0.15, -0.1) is 11.3 Å². The zero-order valence-electron chi connectivity index (χ0n) is 11.4. The molecule has 1 saturated carbocycles. The monoisotopic (exact) mass is 268 g/mol. The summed E-state index contributed by atoms with van der Waals surface area (Å²) in [5.74, 6) is 0. The molecule has 18 heavy (non-hydrogen) atoms. The number of nitrogens with zero attached hydrogens (tertiary/aromatic N) is 1. The lowest BCUT2D eigenvalue weighted by atomic mass is 9.95.